The molecule has 1 fully saturated rings. The van der Waals surface area contributed by atoms with Crippen LogP contribution >= 0.6 is 0 Å². The highest BCUT2D eigenvalue weighted by molar-refractivity contribution is 6.06. The lowest BCUT2D eigenvalue weighted by Crippen LogP contribution is -2.54. The van der Waals surface area contributed by atoms with Crippen molar-refractivity contribution in [3.63, 3.8) is 0 Å². The van der Waals surface area contributed by atoms with Crippen LogP contribution in [0, 0.1) is 17.2 Å². The van der Waals surface area contributed by atoms with Gasteiger partial charge in [0.1, 0.15) is 17.4 Å². The van der Waals surface area contributed by atoms with Gasteiger partial charge < -0.3 is 20.8 Å². The quantitative estimate of drug-likeness (QED) is 0.470. The van der Waals surface area contributed by atoms with E-state index in [2.05, 4.69) is 15.7 Å². The summed E-state index contributed by atoms with van der Waals surface area (Å²) in [6.07, 6.45) is -1.79. The summed E-state index contributed by atoms with van der Waals surface area (Å²) >= 11 is 0. The van der Waals surface area contributed by atoms with Gasteiger partial charge in [0.15, 0.2) is 5.69 Å². The molecule has 1 heterocycles. The lowest BCUT2D eigenvalue weighted by Gasteiger charge is -2.34. The van der Waals surface area contributed by atoms with E-state index in [9.17, 15) is 27.9 Å². The lowest BCUT2D eigenvalue weighted by molar-refractivity contribution is -0.126. The fraction of sp³-hybridized carbons (Fsp3) is 0.591. The molecule has 3 rings (SSSR count). The zero-order chi connectivity index (χ0) is 24.6. The summed E-state index contributed by atoms with van der Waals surface area (Å²) in [7, 11) is 0. The van der Waals surface area contributed by atoms with Crippen molar-refractivity contribution in [2.45, 2.75) is 58.2 Å². The third-order valence-electron chi connectivity index (χ3n) is 5.67. The van der Waals surface area contributed by atoms with Crippen molar-refractivity contribution in [2.75, 3.05) is 13.2 Å². The van der Waals surface area contributed by atoms with E-state index in [0.717, 1.165) is 0 Å². The average Bonchev–Trinajstić information content (AvgIpc) is 3.07. The van der Waals surface area contributed by atoms with E-state index in [4.69, 9.17) is 5.11 Å². The number of carbonyl (C=O) groups is 2. The van der Waals surface area contributed by atoms with Gasteiger partial charge in [-0.3, -0.25) is 14.3 Å². The number of halogens is 3. The smallest absolute Gasteiger partial charge is 0.273 e. The molecule has 1 saturated carbocycles. The van der Waals surface area contributed by atoms with Crippen LogP contribution < -0.4 is 10.6 Å². The number of amides is 2. The van der Waals surface area contributed by atoms with Crippen molar-refractivity contribution in [2.24, 2.45) is 11.3 Å². The van der Waals surface area contributed by atoms with Crippen LogP contribution in [0.25, 0.3) is 10.9 Å². The van der Waals surface area contributed by atoms with Crippen LogP contribution in [0.3, 0.4) is 0 Å². The highest BCUT2D eigenvalue weighted by atomic mass is 19.3. The Labute approximate surface area is 189 Å². The van der Waals surface area contributed by atoms with Crippen LogP contribution in [0.4, 0.5) is 13.2 Å². The van der Waals surface area contributed by atoms with E-state index < -0.39 is 47.7 Å². The first kappa shape index (κ1) is 25.0. The molecule has 0 saturated heterocycles. The Bertz CT molecular complexity index is 1030. The number of rotatable bonds is 8. The Balaban J connectivity index is 1.86. The van der Waals surface area contributed by atoms with Gasteiger partial charge in [-0.05, 0) is 17.4 Å². The van der Waals surface area contributed by atoms with E-state index in [-0.39, 0.29) is 48.4 Å². The summed E-state index contributed by atoms with van der Waals surface area (Å²) < 4.78 is 42.3. The van der Waals surface area contributed by atoms with Gasteiger partial charge >= 0.3 is 0 Å². The van der Waals surface area contributed by atoms with Gasteiger partial charge in [0.25, 0.3) is 5.91 Å². The second kappa shape index (κ2) is 9.30. The largest absolute Gasteiger partial charge is 0.394 e. The molecular weight excluding hydrogens is 441 g/mol. The highest BCUT2D eigenvalue weighted by Crippen LogP contribution is 2.43. The molecular formula is C22H29F3N4O4. The monoisotopic (exact) mass is 470 g/mol. The molecule has 2 amide bonds. The second-order valence-corrected chi connectivity index (χ2v) is 9.65. The van der Waals surface area contributed by atoms with Crippen LogP contribution in [0.2, 0.25) is 0 Å². The number of benzene rings is 1. The van der Waals surface area contributed by atoms with E-state index in [1.165, 1.54) is 22.9 Å². The Hall–Kier alpha value is -2.66. The Morgan fingerprint density at radius 1 is 1.30 bits per heavy atom. The van der Waals surface area contributed by atoms with Gasteiger partial charge in [0, 0.05) is 31.3 Å². The molecule has 0 spiro atoms. The lowest BCUT2D eigenvalue weighted by atomic mass is 9.81. The molecule has 1 aromatic carbocycles. The van der Waals surface area contributed by atoms with Gasteiger partial charge in [-0.15, -0.1) is 0 Å². The zero-order valence-corrected chi connectivity index (χ0v) is 18.7. The third-order valence-corrected chi connectivity index (χ3v) is 5.67. The second-order valence-electron chi connectivity index (χ2n) is 9.65. The van der Waals surface area contributed by atoms with Crippen LogP contribution in [-0.2, 0) is 11.3 Å². The number of aliphatic hydroxyl groups excluding tert-OH is 2. The standard InChI is InChI=1S/C22H29F3N4O4/c1-21(2,3)18(20(33)26-9-13(31)11-30)27-19(32)16-14-5-4-6-15(23)17(14)29(28-16)10-12-7-22(24,25)8-12/h4-6,12-13,18,30-31H,7-11H2,1-3H3,(H,26,33)(H,27,32)/t13-,18+/m0/s1. The molecule has 2 aromatic rings. The van der Waals surface area contributed by atoms with Gasteiger partial charge in [-0.1, -0.05) is 32.9 Å². The van der Waals surface area contributed by atoms with E-state index in [0.29, 0.717) is 0 Å². The number of nitrogens with one attached hydrogen (secondary N) is 2. The number of aromatic nitrogens is 2. The minimum absolute atomic E-state index is 0.0423. The van der Waals surface area contributed by atoms with Gasteiger partial charge in [-0.2, -0.15) is 5.10 Å². The molecule has 0 aliphatic heterocycles. The van der Waals surface area contributed by atoms with Gasteiger partial charge in [0.2, 0.25) is 11.8 Å². The van der Waals surface area contributed by atoms with Crippen LogP contribution in [-0.4, -0.2) is 63.0 Å². The molecule has 1 aromatic heterocycles. The predicted octanol–water partition coefficient (Wildman–Crippen LogP) is 1.83. The fourth-order valence-corrected chi connectivity index (χ4v) is 3.91. The number of alkyl halides is 2. The summed E-state index contributed by atoms with van der Waals surface area (Å²) in [4.78, 5) is 25.8. The highest BCUT2D eigenvalue weighted by Gasteiger charge is 2.45. The summed E-state index contributed by atoms with van der Waals surface area (Å²) in [6.45, 7) is 4.50. The van der Waals surface area contributed by atoms with Crippen LogP contribution in [0.15, 0.2) is 18.2 Å². The Morgan fingerprint density at radius 2 is 1.97 bits per heavy atom. The first-order valence-electron chi connectivity index (χ1n) is 10.7. The van der Waals surface area contributed by atoms with E-state index in [1.807, 2.05) is 0 Å². The van der Waals surface area contributed by atoms with Crippen molar-refractivity contribution in [1.82, 2.24) is 20.4 Å². The summed E-state index contributed by atoms with van der Waals surface area (Å²) in [6, 6.07) is 3.10. The first-order valence-corrected chi connectivity index (χ1v) is 10.7. The maximum atomic E-state index is 14.6. The van der Waals surface area contributed by atoms with Crippen molar-refractivity contribution in [1.29, 1.82) is 0 Å². The average molecular weight is 470 g/mol. The number of fused-ring (bicyclic) bond motifs is 1. The molecule has 33 heavy (non-hydrogen) atoms. The minimum Gasteiger partial charge on any atom is -0.394 e. The molecule has 1 aliphatic rings. The molecule has 4 N–H and O–H groups in total. The number of hydrogen-bond acceptors (Lipinski definition) is 5. The topological polar surface area (TPSA) is 116 Å². The van der Waals surface area contributed by atoms with Crippen molar-refractivity contribution in [3.8, 4) is 0 Å². The first-order chi connectivity index (χ1) is 15.3. The number of hydrogen-bond donors (Lipinski definition) is 4. The number of para-hydroxylation sites is 1. The number of nitrogens with zero attached hydrogens (tertiary/aromatic N) is 2. The summed E-state index contributed by atoms with van der Waals surface area (Å²) in [5.41, 5.74) is -0.806. The minimum atomic E-state index is -2.73. The zero-order valence-electron chi connectivity index (χ0n) is 18.7. The third kappa shape index (κ3) is 5.64. The molecule has 0 unspecified atom stereocenters. The Morgan fingerprint density at radius 3 is 2.55 bits per heavy atom. The van der Waals surface area contributed by atoms with E-state index in [1.54, 1.807) is 20.8 Å². The molecule has 0 radical (unpaired) electrons. The summed E-state index contributed by atoms with van der Waals surface area (Å²) in [5.74, 6) is -5.04. The van der Waals surface area contributed by atoms with Crippen molar-refractivity contribution >= 4 is 22.7 Å². The van der Waals surface area contributed by atoms with E-state index >= 15 is 0 Å². The van der Waals surface area contributed by atoms with Crippen molar-refractivity contribution < 1.29 is 33.0 Å². The summed E-state index contributed by atoms with van der Waals surface area (Å²) in [5, 5.41) is 27.9. The normalized spacial score (nSPS) is 17.9. The maximum Gasteiger partial charge on any atom is 0.273 e. The van der Waals surface area contributed by atoms with Gasteiger partial charge in [0.05, 0.1) is 12.7 Å². The van der Waals surface area contributed by atoms with Gasteiger partial charge in [-0.25, -0.2) is 13.2 Å². The molecule has 2 atom stereocenters. The molecule has 1 aliphatic carbocycles. The van der Waals surface area contributed by atoms with Crippen molar-refractivity contribution in [3.05, 3.63) is 29.7 Å². The molecule has 11 heteroatoms. The van der Waals surface area contributed by atoms with Crippen LogP contribution in [0.5, 0.6) is 0 Å². The molecule has 182 valence electrons. The molecule has 8 nitrogen and oxygen atoms in total. The maximum absolute atomic E-state index is 14.6. The number of carbonyl (C=O) groups excluding carboxylic acids is 2. The molecule has 0 bridgehead atoms. The predicted molar refractivity (Wildman–Crippen MR) is 114 cm³/mol. The number of aliphatic hydroxyl groups is 2. The fourth-order valence-electron chi connectivity index (χ4n) is 3.91. The van der Waals surface area contributed by atoms with Crippen LogP contribution in [0.1, 0.15) is 44.1 Å². The SMILES string of the molecule is CC(C)(C)[C@H](NC(=O)c1nn(CC2CC(F)(F)C2)c2c(F)cccc12)C(=O)NC[C@H](O)CO. The Kier molecular flexibility index (Phi) is 7.04.